The zero-order valence-corrected chi connectivity index (χ0v) is 14.8. The number of quaternary nitrogens is 1. The maximum atomic E-state index is 5.44. The first-order valence-electron chi connectivity index (χ1n) is 8.18. The summed E-state index contributed by atoms with van der Waals surface area (Å²) in [5.74, 6) is 2.43. The molecule has 0 unspecified atom stereocenters. The van der Waals surface area contributed by atoms with Crippen LogP contribution in [-0.4, -0.2) is 50.4 Å². The fraction of sp³-hybridized carbons (Fsp3) is 0.529. The van der Waals surface area contributed by atoms with Gasteiger partial charge in [0.15, 0.2) is 11.5 Å². The number of methoxy groups -OCH3 is 2. The SMILES string of the molecule is COc1cc2ncnc(N3CCC4(CC3)C[NH2+]C4)c2cc1OC.[Cl-]. The first kappa shape index (κ1) is 17.0. The lowest BCUT2D eigenvalue weighted by Crippen LogP contribution is -3.00. The van der Waals surface area contributed by atoms with E-state index < -0.39 is 0 Å². The maximum absolute atomic E-state index is 5.44. The van der Waals surface area contributed by atoms with Crippen molar-refractivity contribution in [3.05, 3.63) is 18.5 Å². The van der Waals surface area contributed by atoms with E-state index in [0.717, 1.165) is 35.6 Å². The molecule has 0 bridgehead atoms. The van der Waals surface area contributed by atoms with Crippen molar-refractivity contribution in [1.82, 2.24) is 9.97 Å². The van der Waals surface area contributed by atoms with Crippen LogP contribution < -0.4 is 32.1 Å². The number of nitrogens with two attached hydrogens (primary N) is 1. The maximum Gasteiger partial charge on any atom is 0.162 e. The molecule has 1 aromatic heterocycles. The summed E-state index contributed by atoms with van der Waals surface area (Å²) in [6.45, 7) is 4.70. The van der Waals surface area contributed by atoms with Crippen molar-refractivity contribution in [2.24, 2.45) is 5.41 Å². The number of halogens is 1. The predicted molar refractivity (Wildman–Crippen MR) is 88.2 cm³/mol. The Hall–Kier alpha value is -1.79. The highest BCUT2D eigenvalue weighted by atomic mass is 35.5. The molecule has 2 aliphatic rings. The van der Waals surface area contributed by atoms with Crippen LogP contribution in [0.25, 0.3) is 10.9 Å². The second-order valence-corrected chi connectivity index (χ2v) is 6.61. The lowest BCUT2D eigenvalue weighted by atomic mass is 9.73. The van der Waals surface area contributed by atoms with Gasteiger partial charge in [-0.3, -0.25) is 0 Å². The fourth-order valence-electron chi connectivity index (χ4n) is 3.78. The number of hydrogen-bond donors (Lipinski definition) is 1. The van der Waals surface area contributed by atoms with Crippen LogP contribution >= 0.6 is 0 Å². The van der Waals surface area contributed by atoms with Gasteiger partial charge in [0.05, 0.1) is 38.2 Å². The van der Waals surface area contributed by atoms with Gasteiger partial charge >= 0.3 is 0 Å². The fourth-order valence-corrected chi connectivity index (χ4v) is 3.78. The average Bonchev–Trinajstić information content (AvgIpc) is 2.58. The number of anilines is 1. The number of benzene rings is 1. The Kier molecular flexibility index (Phi) is 4.69. The van der Waals surface area contributed by atoms with Crippen LogP contribution in [0.5, 0.6) is 11.5 Å². The first-order valence-corrected chi connectivity index (χ1v) is 8.18. The Morgan fingerprint density at radius 3 is 2.29 bits per heavy atom. The Balaban J connectivity index is 0.00000169. The summed E-state index contributed by atoms with van der Waals surface area (Å²) in [4.78, 5) is 11.4. The molecule has 1 spiro atoms. The highest BCUT2D eigenvalue weighted by molar-refractivity contribution is 5.92. The summed E-state index contributed by atoms with van der Waals surface area (Å²) in [7, 11) is 3.30. The van der Waals surface area contributed by atoms with Gasteiger partial charge in [-0.1, -0.05) is 0 Å². The van der Waals surface area contributed by atoms with Crippen molar-refractivity contribution < 1.29 is 27.2 Å². The lowest BCUT2D eigenvalue weighted by Gasteiger charge is -2.45. The summed E-state index contributed by atoms with van der Waals surface area (Å²) in [6.07, 6.45) is 4.15. The molecule has 3 heterocycles. The smallest absolute Gasteiger partial charge is 0.162 e. The largest absolute Gasteiger partial charge is 1.00 e. The van der Waals surface area contributed by atoms with Crippen LogP contribution in [-0.2, 0) is 0 Å². The topological polar surface area (TPSA) is 64.1 Å². The Morgan fingerprint density at radius 1 is 1.04 bits per heavy atom. The van der Waals surface area contributed by atoms with Crippen LogP contribution in [0.1, 0.15) is 12.8 Å². The molecule has 0 atom stereocenters. The normalized spacial score (nSPS) is 18.8. The Morgan fingerprint density at radius 2 is 1.71 bits per heavy atom. The standard InChI is InChI=1S/C17H22N4O2.ClH/c1-22-14-7-12-13(8-15(14)23-2)19-11-20-16(12)21-5-3-17(4-6-21)9-18-10-17;/h7-8,11,18H,3-6,9-10H2,1-2H3;1H. The van der Waals surface area contributed by atoms with E-state index in [0.29, 0.717) is 11.2 Å². The molecular weight excluding hydrogens is 328 g/mol. The second-order valence-electron chi connectivity index (χ2n) is 6.61. The molecule has 2 aliphatic heterocycles. The molecule has 0 radical (unpaired) electrons. The number of piperidine rings is 1. The third-order valence-corrected chi connectivity index (χ3v) is 5.40. The minimum atomic E-state index is 0. The van der Waals surface area contributed by atoms with Crippen molar-refractivity contribution in [1.29, 1.82) is 0 Å². The van der Waals surface area contributed by atoms with Crippen LogP contribution in [0.15, 0.2) is 18.5 Å². The van der Waals surface area contributed by atoms with E-state index in [1.807, 2.05) is 12.1 Å². The van der Waals surface area contributed by atoms with Gasteiger partial charge in [0.2, 0.25) is 0 Å². The van der Waals surface area contributed by atoms with Gasteiger partial charge < -0.3 is 32.1 Å². The summed E-state index contributed by atoms with van der Waals surface area (Å²) >= 11 is 0. The first-order chi connectivity index (χ1) is 11.2. The number of nitrogens with zero attached hydrogens (tertiary/aromatic N) is 3. The minimum absolute atomic E-state index is 0. The molecule has 7 heteroatoms. The second kappa shape index (κ2) is 6.61. The molecule has 6 nitrogen and oxygen atoms in total. The number of hydrogen-bond acceptors (Lipinski definition) is 5. The third-order valence-electron chi connectivity index (χ3n) is 5.40. The molecule has 2 aromatic rings. The van der Waals surface area contributed by atoms with Crippen LogP contribution in [0.3, 0.4) is 0 Å². The number of ether oxygens (including phenoxy) is 2. The predicted octanol–water partition coefficient (Wildman–Crippen LogP) is -2.19. The van der Waals surface area contributed by atoms with E-state index in [-0.39, 0.29) is 12.4 Å². The molecule has 130 valence electrons. The molecule has 4 rings (SSSR count). The van der Waals surface area contributed by atoms with Crippen LogP contribution in [0.2, 0.25) is 0 Å². The van der Waals surface area contributed by atoms with Gasteiger partial charge in [-0.05, 0) is 18.9 Å². The van der Waals surface area contributed by atoms with Gasteiger partial charge in [-0.2, -0.15) is 0 Å². The average molecular weight is 351 g/mol. The molecule has 0 aliphatic carbocycles. The Bertz CT molecular complexity index is 726. The van der Waals surface area contributed by atoms with Crippen LogP contribution in [0.4, 0.5) is 5.82 Å². The molecule has 2 N–H and O–H groups in total. The third kappa shape index (κ3) is 2.74. The molecule has 2 saturated heterocycles. The summed E-state index contributed by atoms with van der Waals surface area (Å²) in [5, 5.41) is 3.44. The lowest BCUT2D eigenvalue weighted by molar-refractivity contribution is -0.742. The van der Waals surface area contributed by atoms with Gasteiger partial charge in [-0.25, -0.2) is 9.97 Å². The zero-order chi connectivity index (χ0) is 15.9. The van der Waals surface area contributed by atoms with E-state index >= 15 is 0 Å². The molecule has 24 heavy (non-hydrogen) atoms. The van der Waals surface area contributed by atoms with Crippen molar-refractivity contribution in [3.8, 4) is 11.5 Å². The van der Waals surface area contributed by atoms with Gasteiger partial charge in [0, 0.05) is 24.5 Å². The van der Waals surface area contributed by atoms with Crippen LogP contribution in [0, 0.1) is 5.41 Å². The van der Waals surface area contributed by atoms with Crippen molar-refractivity contribution in [2.75, 3.05) is 45.3 Å². The van der Waals surface area contributed by atoms with E-state index in [9.17, 15) is 0 Å². The molecular formula is C17H23ClN4O2. The highest BCUT2D eigenvalue weighted by Gasteiger charge is 2.44. The van der Waals surface area contributed by atoms with Crippen molar-refractivity contribution in [3.63, 3.8) is 0 Å². The summed E-state index contributed by atoms with van der Waals surface area (Å²) in [6, 6.07) is 3.91. The Labute approximate surface area is 148 Å². The minimum Gasteiger partial charge on any atom is -1.00 e. The zero-order valence-electron chi connectivity index (χ0n) is 14.1. The van der Waals surface area contributed by atoms with Gasteiger partial charge in [0.1, 0.15) is 12.1 Å². The highest BCUT2D eigenvalue weighted by Crippen LogP contribution is 2.38. The van der Waals surface area contributed by atoms with E-state index in [2.05, 4.69) is 20.2 Å². The van der Waals surface area contributed by atoms with Crippen molar-refractivity contribution >= 4 is 16.7 Å². The van der Waals surface area contributed by atoms with E-state index in [1.54, 1.807) is 20.5 Å². The molecule has 0 saturated carbocycles. The van der Waals surface area contributed by atoms with E-state index in [4.69, 9.17) is 9.47 Å². The summed E-state index contributed by atoms with van der Waals surface area (Å²) in [5.41, 5.74) is 1.48. The number of rotatable bonds is 3. The summed E-state index contributed by atoms with van der Waals surface area (Å²) < 4.78 is 10.8. The molecule has 0 amide bonds. The van der Waals surface area contributed by atoms with Crippen molar-refractivity contribution in [2.45, 2.75) is 12.8 Å². The molecule has 2 fully saturated rings. The number of aromatic nitrogens is 2. The monoisotopic (exact) mass is 350 g/mol. The van der Waals surface area contributed by atoms with Gasteiger partial charge in [-0.15, -0.1) is 0 Å². The number of fused-ring (bicyclic) bond motifs is 1. The van der Waals surface area contributed by atoms with E-state index in [1.165, 1.54) is 25.9 Å². The quantitative estimate of drug-likeness (QED) is 0.681. The van der Waals surface area contributed by atoms with Gasteiger partial charge in [0.25, 0.3) is 0 Å². The molecule has 1 aromatic carbocycles.